The Labute approximate surface area is 149 Å². The number of aryl methyl sites for hydroxylation is 2. The molecule has 1 aromatic carbocycles. The number of esters is 1. The first-order valence-electron chi connectivity index (χ1n) is 7.17. The summed E-state index contributed by atoms with van der Waals surface area (Å²) in [6, 6.07) is 4.36. The fourth-order valence-electron chi connectivity index (χ4n) is 2.13. The van der Waals surface area contributed by atoms with Gasteiger partial charge in [0.1, 0.15) is 0 Å². The van der Waals surface area contributed by atoms with Crippen molar-refractivity contribution >= 4 is 40.8 Å². The predicted molar refractivity (Wildman–Crippen MR) is 92.7 cm³/mol. The summed E-state index contributed by atoms with van der Waals surface area (Å²) in [4.78, 5) is 24.4. The van der Waals surface area contributed by atoms with Crippen molar-refractivity contribution < 1.29 is 14.3 Å². The van der Waals surface area contributed by atoms with E-state index in [1.165, 1.54) is 25.1 Å². The van der Waals surface area contributed by atoms with Crippen LogP contribution in [-0.4, -0.2) is 27.8 Å². The molecule has 1 heterocycles. The Bertz CT molecular complexity index is 782. The summed E-state index contributed by atoms with van der Waals surface area (Å²) in [5.41, 5.74) is 2.28. The molecule has 128 valence electrons. The topological polar surface area (TPSA) is 73.2 Å². The van der Waals surface area contributed by atoms with Crippen LogP contribution in [0, 0.1) is 13.8 Å². The smallest absolute Gasteiger partial charge is 0.339 e. The zero-order valence-electron chi connectivity index (χ0n) is 13.7. The molecule has 8 heteroatoms. The minimum Gasteiger partial charge on any atom is -0.449 e. The zero-order valence-corrected chi connectivity index (χ0v) is 15.2. The number of rotatable bonds is 4. The molecule has 0 unspecified atom stereocenters. The van der Waals surface area contributed by atoms with E-state index < -0.39 is 18.0 Å². The average molecular weight is 370 g/mol. The lowest BCUT2D eigenvalue weighted by Gasteiger charge is -2.14. The molecule has 0 aliphatic heterocycles. The molecule has 24 heavy (non-hydrogen) atoms. The van der Waals surface area contributed by atoms with Crippen LogP contribution in [-0.2, 0) is 16.6 Å². The summed E-state index contributed by atoms with van der Waals surface area (Å²) in [5.74, 6) is -1.13. The molecule has 0 aliphatic carbocycles. The summed E-state index contributed by atoms with van der Waals surface area (Å²) in [7, 11) is 1.78. The Hall–Kier alpha value is -2.05. The van der Waals surface area contributed by atoms with Gasteiger partial charge in [-0.15, -0.1) is 0 Å². The van der Waals surface area contributed by atoms with Gasteiger partial charge < -0.3 is 10.1 Å². The predicted octanol–water partition coefficient (Wildman–Crippen LogP) is 3.53. The van der Waals surface area contributed by atoms with Gasteiger partial charge in [0.15, 0.2) is 6.10 Å². The molecule has 0 aliphatic rings. The van der Waals surface area contributed by atoms with Crippen LogP contribution >= 0.6 is 23.2 Å². The highest BCUT2D eigenvalue weighted by molar-refractivity contribution is 6.35. The van der Waals surface area contributed by atoms with E-state index in [2.05, 4.69) is 10.4 Å². The number of aromatic nitrogens is 2. The van der Waals surface area contributed by atoms with E-state index in [1.54, 1.807) is 18.7 Å². The molecule has 1 aromatic heterocycles. The SMILES string of the molecule is Cc1nn(C)c(C)c1NC(=O)[C@H](C)OC(=O)c1cc(Cl)cc(Cl)c1. The number of anilines is 1. The van der Waals surface area contributed by atoms with E-state index >= 15 is 0 Å². The summed E-state index contributed by atoms with van der Waals surface area (Å²) < 4.78 is 6.83. The third kappa shape index (κ3) is 4.07. The quantitative estimate of drug-likeness (QED) is 0.836. The maximum Gasteiger partial charge on any atom is 0.339 e. The maximum absolute atomic E-state index is 12.2. The number of carbonyl (C=O) groups is 2. The molecule has 1 N–H and O–H groups in total. The number of hydrogen-bond acceptors (Lipinski definition) is 4. The molecule has 0 fully saturated rings. The molecule has 0 saturated heterocycles. The number of carbonyl (C=O) groups excluding carboxylic acids is 2. The van der Waals surface area contributed by atoms with Crippen molar-refractivity contribution in [3.63, 3.8) is 0 Å². The van der Waals surface area contributed by atoms with Crippen molar-refractivity contribution in [3.8, 4) is 0 Å². The molecule has 6 nitrogen and oxygen atoms in total. The van der Waals surface area contributed by atoms with Gasteiger partial charge in [0.05, 0.1) is 22.6 Å². The highest BCUT2D eigenvalue weighted by atomic mass is 35.5. The number of amides is 1. The minimum atomic E-state index is -0.991. The molecule has 0 radical (unpaired) electrons. The van der Waals surface area contributed by atoms with E-state index in [4.69, 9.17) is 27.9 Å². The van der Waals surface area contributed by atoms with Gasteiger partial charge in [0.2, 0.25) is 0 Å². The fourth-order valence-corrected chi connectivity index (χ4v) is 2.66. The van der Waals surface area contributed by atoms with Gasteiger partial charge in [0.25, 0.3) is 5.91 Å². The maximum atomic E-state index is 12.2. The molecule has 2 aromatic rings. The van der Waals surface area contributed by atoms with Crippen molar-refractivity contribution in [2.75, 3.05) is 5.32 Å². The van der Waals surface area contributed by atoms with Crippen LogP contribution < -0.4 is 5.32 Å². The molecule has 0 spiro atoms. The number of hydrogen-bond donors (Lipinski definition) is 1. The molecule has 0 saturated carbocycles. The highest BCUT2D eigenvalue weighted by Crippen LogP contribution is 2.21. The third-order valence-corrected chi connectivity index (χ3v) is 3.94. The van der Waals surface area contributed by atoms with Crippen LogP contribution in [0.2, 0.25) is 10.0 Å². The van der Waals surface area contributed by atoms with Gasteiger partial charge in [-0.2, -0.15) is 5.10 Å². The first-order valence-corrected chi connectivity index (χ1v) is 7.92. The second-order valence-corrected chi connectivity index (χ2v) is 6.24. The molecule has 0 bridgehead atoms. The zero-order chi connectivity index (χ0) is 18.0. The van der Waals surface area contributed by atoms with Crippen molar-refractivity contribution in [3.05, 3.63) is 45.2 Å². The number of nitrogens with zero attached hydrogens (tertiary/aromatic N) is 2. The van der Waals surface area contributed by atoms with E-state index in [9.17, 15) is 9.59 Å². The van der Waals surface area contributed by atoms with E-state index in [-0.39, 0.29) is 5.56 Å². The second kappa shape index (κ2) is 7.23. The van der Waals surface area contributed by atoms with Crippen LogP contribution in [0.1, 0.15) is 28.7 Å². The molecule has 1 atom stereocenters. The summed E-state index contributed by atoms with van der Waals surface area (Å²) in [6.07, 6.45) is -0.991. The van der Waals surface area contributed by atoms with Gasteiger partial charge in [-0.05, 0) is 39.0 Å². The summed E-state index contributed by atoms with van der Waals surface area (Å²) in [6.45, 7) is 5.11. The van der Waals surface area contributed by atoms with Gasteiger partial charge in [-0.25, -0.2) is 4.79 Å². The van der Waals surface area contributed by atoms with E-state index in [0.29, 0.717) is 21.4 Å². The first-order chi connectivity index (χ1) is 11.2. The first kappa shape index (κ1) is 18.3. The Balaban J connectivity index is 2.07. The normalized spacial score (nSPS) is 11.9. The van der Waals surface area contributed by atoms with E-state index in [1.807, 2.05) is 6.92 Å². The van der Waals surface area contributed by atoms with Crippen LogP contribution in [0.4, 0.5) is 5.69 Å². The Morgan fingerprint density at radius 2 is 1.79 bits per heavy atom. The highest BCUT2D eigenvalue weighted by Gasteiger charge is 2.22. The van der Waals surface area contributed by atoms with Gasteiger partial charge in [-0.3, -0.25) is 9.48 Å². The monoisotopic (exact) mass is 369 g/mol. The Morgan fingerprint density at radius 3 is 2.29 bits per heavy atom. The van der Waals surface area contributed by atoms with E-state index in [0.717, 1.165) is 5.69 Å². The minimum absolute atomic E-state index is 0.181. The molecule has 2 rings (SSSR count). The van der Waals surface area contributed by atoms with Crippen LogP contribution in [0.25, 0.3) is 0 Å². The number of nitrogens with one attached hydrogen (secondary N) is 1. The Morgan fingerprint density at radius 1 is 1.21 bits per heavy atom. The number of ether oxygens (including phenoxy) is 1. The second-order valence-electron chi connectivity index (χ2n) is 5.36. The standard InChI is InChI=1S/C16H17Cl2N3O3/c1-8-14(9(2)21(4)20-8)19-15(22)10(3)24-16(23)11-5-12(17)7-13(18)6-11/h5-7,10H,1-4H3,(H,19,22)/t10-/m0/s1. The van der Waals surface area contributed by atoms with Crippen molar-refractivity contribution in [2.45, 2.75) is 26.9 Å². The number of benzene rings is 1. The van der Waals surface area contributed by atoms with Gasteiger partial charge in [0, 0.05) is 17.1 Å². The third-order valence-electron chi connectivity index (χ3n) is 3.51. The molecular weight excluding hydrogens is 353 g/mol. The van der Waals surface area contributed by atoms with Crippen LogP contribution in [0.5, 0.6) is 0 Å². The largest absolute Gasteiger partial charge is 0.449 e. The molecular formula is C16H17Cl2N3O3. The van der Waals surface area contributed by atoms with Crippen molar-refractivity contribution in [1.29, 1.82) is 0 Å². The summed E-state index contributed by atoms with van der Waals surface area (Å²) in [5, 5.41) is 7.57. The van der Waals surface area contributed by atoms with Crippen molar-refractivity contribution in [1.82, 2.24) is 9.78 Å². The molecule has 1 amide bonds. The van der Waals surface area contributed by atoms with Crippen LogP contribution in [0.3, 0.4) is 0 Å². The lowest BCUT2D eigenvalue weighted by Crippen LogP contribution is -2.30. The number of halogens is 2. The van der Waals surface area contributed by atoms with Crippen molar-refractivity contribution in [2.24, 2.45) is 7.05 Å². The van der Waals surface area contributed by atoms with Gasteiger partial charge >= 0.3 is 5.97 Å². The lowest BCUT2D eigenvalue weighted by atomic mass is 10.2. The lowest BCUT2D eigenvalue weighted by molar-refractivity contribution is -0.123. The summed E-state index contributed by atoms with van der Waals surface area (Å²) >= 11 is 11.7. The van der Waals surface area contributed by atoms with Crippen LogP contribution in [0.15, 0.2) is 18.2 Å². The Kier molecular flexibility index (Phi) is 5.51. The fraction of sp³-hybridized carbons (Fsp3) is 0.312. The average Bonchev–Trinajstić information content (AvgIpc) is 2.72. The van der Waals surface area contributed by atoms with Gasteiger partial charge in [-0.1, -0.05) is 23.2 Å².